The van der Waals surface area contributed by atoms with Crippen LogP contribution in [0.1, 0.15) is 41.4 Å². The SMILES string of the molecule is Cc1ccsc1C(C)N[C@H](CCO)c1ccccc1. The van der Waals surface area contributed by atoms with Gasteiger partial charge in [-0.05, 0) is 42.8 Å². The summed E-state index contributed by atoms with van der Waals surface area (Å²) >= 11 is 1.79. The van der Waals surface area contributed by atoms with E-state index in [1.165, 1.54) is 16.0 Å². The molecular weight excluding hydrogens is 254 g/mol. The molecule has 2 rings (SSSR count). The zero-order valence-corrected chi connectivity index (χ0v) is 12.3. The maximum atomic E-state index is 9.26. The third-order valence-corrected chi connectivity index (χ3v) is 4.57. The first-order valence-corrected chi connectivity index (χ1v) is 7.56. The van der Waals surface area contributed by atoms with Crippen molar-refractivity contribution >= 4 is 11.3 Å². The lowest BCUT2D eigenvalue weighted by Gasteiger charge is -2.23. The topological polar surface area (TPSA) is 32.3 Å². The molecule has 0 saturated carbocycles. The lowest BCUT2D eigenvalue weighted by Crippen LogP contribution is -2.25. The lowest BCUT2D eigenvalue weighted by atomic mass is 10.0. The van der Waals surface area contributed by atoms with Gasteiger partial charge in [-0.2, -0.15) is 0 Å². The zero-order chi connectivity index (χ0) is 13.7. The summed E-state index contributed by atoms with van der Waals surface area (Å²) in [6.45, 7) is 4.53. The molecule has 0 radical (unpaired) electrons. The van der Waals surface area contributed by atoms with Gasteiger partial charge in [-0.25, -0.2) is 0 Å². The molecule has 0 spiro atoms. The average Bonchev–Trinajstić information content (AvgIpc) is 2.85. The molecule has 19 heavy (non-hydrogen) atoms. The summed E-state index contributed by atoms with van der Waals surface area (Å²) in [4.78, 5) is 1.37. The van der Waals surface area contributed by atoms with Gasteiger partial charge in [0.15, 0.2) is 0 Å². The van der Waals surface area contributed by atoms with Gasteiger partial charge in [0.25, 0.3) is 0 Å². The maximum Gasteiger partial charge on any atom is 0.0449 e. The molecule has 1 aromatic heterocycles. The van der Waals surface area contributed by atoms with Crippen molar-refractivity contribution in [1.29, 1.82) is 0 Å². The Hall–Kier alpha value is -1.16. The van der Waals surface area contributed by atoms with E-state index in [0.29, 0.717) is 6.04 Å². The Kier molecular flexibility index (Phi) is 5.14. The van der Waals surface area contributed by atoms with E-state index in [4.69, 9.17) is 0 Å². The number of hydrogen-bond donors (Lipinski definition) is 2. The maximum absolute atomic E-state index is 9.26. The van der Waals surface area contributed by atoms with Gasteiger partial charge in [-0.3, -0.25) is 0 Å². The number of aryl methyl sites for hydroxylation is 1. The van der Waals surface area contributed by atoms with E-state index in [1.54, 1.807) is 11.3 Å². The molecule has 102 valence electrons. The van der Waals surface area contributed by atoms with Crippen LogP contribution in [0, 0.1) is 6.92 Å². The molecule has 0 aliphatic carbocycles. The van der Waals surface area contributed by atoms with Gasteiger partial charge >= 0.3 is 0 Å². The summed E-state index contributed by atoms with van der Waals surface area (Å²) in [5.74, 6) is 0. The number of aliphatic hydroxyl groups excluding tert-OH is 1. The molecule has 1 heterocycles. The largest absolute Gasteiger partial charge is 0.396 e. The van der Waals surface area contributed by atoms with Crippen molar-refractivity contribution in [3.05, 3.63) is 57.8 Å². The minimum atomic E-state index is 0.197. The normalized spacial score (nSPS) is 14.3. The lowest BCUT2D eigenvalue weighted by molar-refractivity contribution is 0.260. The Morgan fingerprint density at radius 2 is 1.95 bits per heavy atom. The predicted octanol–water partition coefficient (Wildman–Crippen LogP) is 3.83. The van der Waals surface area contributed by atoms with Gasteiger partial charge in [0, 0.05) is 23.6 Å². The molecule has 1 unspecified atom stereocenters. The van der Waals surface area contributed by atoms with E-state index >= 15 is 0 Å². The van der Waals surface area contributed by atoms with Crippen molar-refractivity contribution < 1.29 is 5.11 Å². The molecular formula is C16H21NOS. The highest BCUT2D eigenvalue weighted by molar-refractivity contribution is 7.10. The second-order valence-electron chi connectivity index (χ2n) is 4.83. The second kappa shape index (κ2) is 6.85. The summed E-state index contributed by atoms with van der Waals surface area (Å²) in [6.07, 6.45) is 0.735. The van der Waals surface area contributed by atoms with Gasteiger partial charge in [-0.1, -0.05) is 30.3 Å². The quantitative estimate of drug-likeness (QED) is 0.839. The molecule has 2 nitrogen and oxygen atoms in total. The number of thiophene rings is 1. The minimum absolute atomic E-state index is 0.197. The molecule has 0 aliphatic heterocycles. The van der Waals surface area contributed by atoms with E-state index in [0.717, 1.165) is 6.42 Å². The van der Waals surface area contributed by atoms with Crippen LogP contribution in [-0.2, 0) is 0 Å². The van der Waals surface area contributed by atoms with Gasteiger partial charge in [-0.15, -0.1) is 11.3 Å². The highest BCUT2D eigenvalue weighted by Crippen LogP contribution is 2.27. The number of rotatable bonds is 6. The van der Waals surface area contributed by atoms with Crippen LogP contribution in [-0.4, -0.2) is 11.7 Å². The van der Waals surface area contributed by atoms with Gasteiger partial charge in [0.2, 0.25) is 0 Å². The Morgan fingerprint density at radius 3 is 2.53 bits per heavy atom. The zero-order valence-electron chi connectivity index (χ0n) is 11.5. The first-order valence-electron chi connectivity index (χ1n) is 6.68. The first kappa shape index (κ1) is 14.3. The number of nitrogens with one attached hydrogen (secondary N) is 1. The first-order chi connectivity index (χ1) is 9.22. The Morgan fingerprint density at radius 1 is 1.21 bits per heavy atom. The van der Waals surface area contributed by atoms with Crippen molar-refractivity contribution in [3.8, 4) is 0 Å². The standard InChI is InChI=1S/C16H21NOS/c1-12-9-11-19-16(12)13(2)17-15(8-10-18)14-6-4-3-5-7-14/h3-7,9,11,13,15,17-18H,8,10H2,1-2H3/t13?,15-/m1/s1. The fourth-order valence-electron chi connectivity index (χ4n) is 2.37. The molecule has 2 N–H and O–H groups in total. The molecule has 3 heteroatoms. The van der Waals surface area contributed by atoms with Crippen LogP contribution in [0.2, 0.25) is 0 Å². The highest BCUT2D eigenvalue weighted by Gasteiger charge is 2.16. The number of aliphatic hydroxyl groups is 1. The summed E-state index contributed by atoms with van der Waals surface area (Å²) in [6, 6.07) is 13.0. The van der Waals surface area contributed by atoms with E-state index in [9.17, 15) is 5.11 Å². The van der Waals surface area contributed by atoms with Gasteiger partial charge in [0.05, 0.1) is 0 Å². The van der Waals surface area contributed by atoms with E-state index in [1.807, 2.05) is 18.2 Å². The fourth-order valence-corrected chi connectivity index (χ4v) is 3.31. The van der Waals surface area contributed by atoms with Crippen LogP contribution >= 0.6 is 11.3 Å². The van der Waals surface area contributed by atoms with Crippen molar-refractivity contribution in [1.82, 2.24) is 5.32 Å². The summed E-state index contributed by atoms with van der Waals surface area (Å²) in [5.41, 5.74) is 2.57. The predicted molar refractivity (Wildman–Crippen MR) is 81.5 cm³/mol. The van der Waals surface area contributed by atoms with Crippen LogP contribution < -0.4 is 5.32 Å². The molecule has 0 aliphatic rings. The van der Waals surface area contributed by atoms with Crippen molar-refractivity contribution in [2.24, 2.45) is 0 Å². The fraction of sp³-hybridized carbons (Fsp3) is 0.375. The summed E-state index contributed by atoms with van der Waals surface area (Å²) < 4.78 is 0. The molecule has 2 aromatic rings. The molecule has 1 aromatic carbocycles. The van der Waals surface area contributed by atoms with Crippen LogP contribution in [0.5, 0.6) is 0 Å². The molecule has 0 bridgehead atoms. The minimum Gasteiger partial charge on any atom is -0.396 e. The van der Waals surface area contributed by atoms with Gasteiger partial charge < -0.3 is 10.4 Å². The van der Waals surface area contributed by atoms with E-state index in [2.05, 4.69) is 42.7 Å². The van der Waals surface area contributed by atoms with E-state index < -0.39 is 0 Å². The van der Waals surface area contributed by atoms with Crippen molar-refractivity contribution in [2.45, 2.75) is 32.4 Å². The Bertz CT molecular complexity index is 494. The van der Waals surface area contributed by atoms with Crippen LogP contribution in [0.4, 0.5) is 0 Å². The van der Waals surface area contributed by atoms with Crippen molar-refractivity contribution in [3.63, 3.8) is 0 Å². The number of benzene rings is 1. The second-order valence-corrected chi connectivity index (χ2v) is 5.78. The van der Waals surface area contributed by atoms with Crippen LogP contribution in [0.15, 0.2) is 41.8 Å². The summed E-state index contributed by atoms with van der Waals surface area (Å²) in [7, 11) is 0. The Labute approximate surface area is 119 Å². The van der Waals surface area contributed by atoms with Crippen molar-refractivity contribution in [2.75, 3.05) is 6.61 Å². The van der Waals surface area contributed by atoms with Gasteiger partial charge in [0.1, 0.15) is 0 Å². The highest BCUT2D eigenvalue weighted by atomic mass is 32.1. The van der Waals surface area contributed by atoms with Crippen LogP contribution in [0.25, 0.3) is 0 Å². The molecule has 2 atom stereocenters. The third-order valence-electron chi connectivity index (χ3n) is 3.37. The molecule has 0 saturated heterocycles. The average molecular weight is 275 g/mol. The third kappa shape index (κ3) is 3.66. The molecule has 0 fully saturated rings. The summed E-state index contributed by atoms with van der Waals surface area (Å²) in [5, 5.41) is 15.0. The van der Waals surface area contributed by atoms with E-state index in [-0.39, 0.29) is 12.6 Å². The smallest absolute Gasteiger partial charge is 0.0449 e. The monoisotopic (exact) mass is 275 g/mol. The Balaban J connectivity index is 2.11. The van der Waals surface area contributed by atoms with Crippen LogP contribution in [0.3, 0.4) is 0 Å². The molecule has 0 amide bonds. The number of hydrogen-bond acceptors (Lipinski definition) is 3.